The lowest BCUT2D eigenvalue weighted by atomic mass is 9.62. The van der Waals surface area contributed by atoms with Crippen molar-refractivity contribution in [2.45, 2.75) is 63.8 Å². The first-order chi connectivity index (χ1) is 12.7. The zero-order valence-corrected chi connectivity index (χ0v) is 15.8. The zero-order chi connectivity index (χ0) is 17.6. The summed E-state index contributed by atoms with van der Waals surface area (Å²) in [5, 5.41) is 0. The first-order valence-electron chi connectivity index (χ1n) is 10.6. The molecule has 4 heteroatoms. The summed E-state index contributed by atoms with van der Waals surface area (Å²) >= 11 is 0. The van der Waals surface area contributed by atoms with E-state index >= 15 is 0 Å². The molecule has 26 heavy (non-hydrogen) atoms. The van der Waals surface area contributed by atoms with Crippen molar-refractivity contribution < 1.29 is 0 Å². The lowest BCUT2D eigenvalue weighted by Gasteiger charge is -2.48. The number of benzene rings is 1. The summed E-state index contributed by atoms with van der Waals surface area (Å²) in [5.41, 5.74) is 2.71. The molecule has 2 heterocycles. The second-order valence-corrected chi connectivity index (χ2v) is 9.18. The van der Waals surface area contributed by atoms with E-state index in [4.69, 9.17) is 0 Å². The van der Waals surface area contributed by atoms with Gasteiger partial charge >= 0.3 is 5.69 Å². The molecule has 3 aliphatic rings. The number of imidazole rings is 1. The van der Waals surface area contributed by atoms with Gasteiger partial charge in [-0.05, 0) is 55.6 Å². The van der Waals surface area contributed by atoms with Gasteiger partial charge in [0.1, 0.15) is 0 Å². The lowest BCUT2D eigenvalue weighted by molar-refractivity contribution is 0.0250. The number of hydrogen-bond acceptors (Lipinski definition) is 2. The van der Waals surface area contributed by atoms with Crippen LogP contribution in [0.15, 0.2) is 29.1 Å². The minimum Gasteiger partial charge on any atom is -0.306 e. The van der Waals surface area contributed by atoms with Gasteiger partial charge in [0.25, 0.3) is 0 Å². The van der Waals surface area contributed by atoms with Gasteiger partial charge in [0, 0.05) is 25.7 Å². The molecule has 1 aromatic carbocycles. The molecular formula is C22H31N3O. The van der Waals surface area contributed by atoms with E-state index in [0.717, 1.165) is 42.9 Å². The minimum absolute atomic E-state index is 0.0608. The number of H-pyrrole nitrogens is 1. The highest BCUT2D eigenvalue weighted by Crippen LogP contribution is 2.49. The molecular weight excluding hydrogens is 322 g/mol. The van der Waals surface area contributed by atoms with E-state index < -0.39 is 0 Å². The number of piperidine rings is 1. The third-order valence-electron chi connectivity index (χ3n) is 7.47. The van der Waals surface area contributed by atoms with Crippen LogP contribution in [0.2, 0.25) is 0 Å². The maximum atomic E-state index is 12.5. The quantitative estimate of drug-likeness (QED) is 0.892. The fraction of sp³-hybridized carbons (Fsp3) is 0.682. The topological polar surface area (TPSA) is 41.0 Å². The van der Waals surface area contributed by atoms with Crippen LogP contribution in [-0.4, -0.2) is 34.1 Å². The Bertz CT molecular complexity index is 817. The lowest BCUT2D eigenvalue weighted by Crippen LogP contribution is -2.46. The summed E-state index contributed by atoms with van der Waals surface area (Å²) in [4.78, 5) is 18.2. The van der Waals surface area contributed by atoms with Crippen molar-refractivity contribution in [1.29, 1.82) is 0 Å². The number of nitrogens with one attached hydrogen (secondary N) is 1. The Morgan fingerprint density at radius 1 is 1.04 bits per heavy atom. The molecule has 4 nitrogen and oxygen atoms in total. The zero-order valence-electron chi connectivity index (χ0n) is 15.8. The molecule has 1 aliphatic heterocycles. The first kappa shape index (κ1) is 16.6. The molecule has 2 aromatic rings. The minimum atomic E-state index is 0.0608. The van der Waals surface area contributed by atoms with Crippen LogP contribution in [0.3, 0.4) is 0 Å². The molecule has 2 bridgehead atoms. The van der Waals surface area contributed by atoms with E-state index in [1.165, 1.54) is 51.5 Å². The van der Waals surface area contributed by atoms with Gasteiger partial charge in [-0.3, -0.25) is 4.57 Å². The van der Waals surface area contributed by atoms with E-state index in [1.54, 1.807) is 0 Å². The maximum absolute atomic E-state index is 12.5. The molecule has 0 spiro atoms. The van der Waals surface area contributed by atoms with Gasteiger partial charge in [-0.25, -0.2) is 4.79 Å². The summed E-state index contributed by atoms with van der Waals surface area (Å²) in [7, 11) is 0. The molecule has 0 atom stereocenters. The average Bonchev–Trinajstić information content (AvgIpc) is 2.98. The number of para-hydroxylation sites is 2. The fourth-order valence-corrected chi connectivity index (χ4v) is 6.29. The third-order valence-corrected chi connectivity index (χ3v) is 7.47. The van der Waals surface area contributed by atoms with Gasteiger partial charge in [-0.2, -0.15) is 0 Å². The molecule has 0 amide bonds. The van der Waals surface area contributed by atoms with Crippen molar-refractivity contribution in [3.8, 4) is 0 Å². The Morgan fingerprint density at radius 3 is 2.54 bits per heavy atom. The van der Waals surface area contributed by atoms with E-state index in [2.05, 4.69) is 16.0 Å². The molecule has 0 unspecified atom stereocenters. The molecule has 140 valence electrons. The Kier molecular flexibility index (Phi) is 4.19. The smallest absolute Gasteiger partial charge is 0.306 e. The number of fused-ring (bicyclic) bond motifs is 3. The fourth-order valence-electron chi connectivity index (χ4n) is 6.29. The van der Waals surface area contributed by atoms with E-state index in [9.17, 15) is 4.79 Å². The van der Waals surface area contributed by atoms with Crippen LogP contribution < -0.4 is 5.69 Å². The van der Waals surface area contributed by atoms with Gasteiger partial charge in [-0.15, -0.1) is 0 Å². The van der Waals surface area contributed by atoms with Crippen molar-refractivity contribution in [3.05, 3.63) is 34.7 Å². The summed E-state index contributed by atoms with van der Waals surface area (Å²) in [5.74, 6) is 1.01. The predicted octanol–water partition coefficient (Wildman–Crippen LogP) is 4.33. The van der Waals surface area contributed by atoms with Gasteiger partial charge in [0.05, 0.1) is 11.0 Å². The Balaban J connectivity index is 1.28. The first-order valence-corrected chi connectivity index (χ1v) is 10.6. The van der Waals surface area contributed by atoms with E-state index in [0.29, 0.717) is 11.5 Å². The Hall–Kier alpha value is -1.55. The maximum Gasteiger partial charge on any atom is 0.326 e. The van der Waals surface area contributed by atoms with Crippen LogP contribution in [0.4, 0.5) is 0 Å². The predicted molar refractivity (Wildman–Crippen MR) is 106 cm³/mol. The van der Waals surface area contributed by atoms with Crippen LogP contribution in [-0.2, 0) is 0 Å². The van der Waals surface area contributed by atoms with E-state index in [-0.39, 0.29) is 5.69 Å². The molecule has 1 N–H and O–H groups in total. The normalized spacial score (nSPS) is 30.7. The van der Waals surface area contributed by atoms with Crippen LogP contribution in [0.5, 0.6) is 0 Å². The molecule has 1 aromatic heterocycles. The number of likely N-dealkylation sites (tertiary alicyclic amines) is 1. The molecule has 1 saturated heterocycles. The van der Waals surface area contributed by atoms with Crippen molar-refractivity contribution in [2.75, 3.05) is 19.6 Å². The second-order valence-electron chi connectivity index (χ2n) is 9.18. The Morgan fingerprint density at radius 2 is 1.77 bits per heavy atom. The highest BCUT2D eigenvalue weighted by Gasteiger charge is 2.40. The standard InChI is InChI=1S/C22H31N3O/c26-21-23-19-7-1-2-8-20(19)25(21)18-9-13-24(14-10-18)16-22-11-3-5-17(15-22)6-4-12-22/h1-2,7-8,17-18H,3-6,9-16H2,(H,23,26). The molecule has 2 aliphatic carbocycles. The van der Waals surface area contributed by atoms with Gasteiger partial charge < -0.3 is 9.88 Å². The van der Waals surface area contributed by atoms with Crippen LogP contribution in [0.25, 0.3) is 11.0 Å². The van der Waals surface area contributed by atoms with Crippen molar-refractivity contribution >= 4 is 11.0 Å². The number of rotatable bonds is 3. The van der Waals surface area contributed by atoms with Crippen molar-refractivity contribution in [2.24, 2.45) is 11.3 Å². The SMILES string of the molecule is O=c1[nH]c2ccccc2n1C1CCN(CC23CCCC(CCC2)C3)CC1. The number of aromatic nitrogens is 2. The highest BCUT2D eigenvalue weighted by molar-refractivity contribution is 5.75. The monoisotopic (exact) mass is 353 g/mol. The largest absolute Gasteiger partial charge is 0.326 e. The summed E-state index contributed by atoms with van der Waals surface area (Å²) in [6.07, 6.45) is 12.4. The molecule has 2 saturated carbocycles. The van der Waals surface area contributed by atoms with Crippen LogP contribution in [0, 0.1) is 11.3 Å². The summed E-state index contributed by atoms with van der Waals surface area (Å²) < 4.78 is 2.02. The summed E-state index contributed by atoms with van der Waals surface area (Å²) in [6, 6.07) is 8.44. The molecule has 5 rings (SSSR count). The molecule has 0 radical (unpaired) electrons. The number of aromatic amines is 1. The average molecular weight is 354 g/mol. The second kappa shape index (κ2) is 6.56. The van der Waals surface area contributed by atoms with Crippen LogP contribution >= 0.6 is 0 Å². The molecule has 3 fully saturated rings. The van der Waals surface area contributed by atoms with Gasteiger partial charge in [0.15, 0.2) is 0 Å². The highest BCUT2D eigenvalue weighted by atomic mass is 16.1. The third kappa shape index (κ3) is 2.92. The number of nitrogens with zero attached hydrogens (tertiary/aromatic N) is 2. The van der Waals surface area contributed by atoms with E-state index in [1.807, 2.05) is 22.8 Å². The van der Waals surface area contributed by atoms with Crippen molar-refractivity contribution in [1.82, 2.24) is 14.5 Å². The summed E-state index contributed by atoms with van der Waals surface area (Å²) in [6.45, 7) is 3.59. The van der Waals surface area contributed by atoms with Gasteiger partial charge in [-0.1, -0.05) is 37.8 Å². The van der Waals surface area contributed by atoms with Crippen LogP contribution in [0.1, 0.15) is 63.8 Å². The number of hydrogen-bond donors (Lipinski definition) is 1. The van der Waals surface area contributed by atoms with Crippen molar-refractivity contribution in [3.63, 3.8) is 0 Å². The van der Waals surface area contributed by atoms with Gasteiger partial charge in [0.2, 0.25) is 0 Å². The Labute approximate surface area is 155 Å².